The molecule has 3 aromatic carbocycles. The lowest BCUT2D eigenvalue weighted by atomic mass is 10.1. The zero-order valence-corrected chi connectivity index (χ0v) is 21.7. The van der Waals surface area contributed by atoms with Crippen LogP contribution in [0.1, 0.15) is 30.8 Å². The molecule has 0 saturated carbocycles. The number of hydrogen-bond acceptors (Lipinski definition) is 7. The summed E-state index contributed by atoms with van der Waals surface area (Å²) < 4.78 is 22.9. The van der Waals surface area contributed by atoms with Crippen LogP contribution in [0, 0.1) is 0 Å². The predicted molar refractivity (Wildman–Crippen MR) is 145 cm³/mol. The van der Waals surface area contributed by atoms with Gasteiger partial charge in [0.05, 0.1) is 18.8 Å². The summed E-state index contributed by atoms with van der Waals surface area (Å²) in [6, 6.07) is 28.0. The highest BCUT2D eigenvalue weighted by Gasteiger charge is 2.37. The first-order valence-electron chi connectivity index (χ1n) is 12.9. The van der Waals surface area contributed by atoms with Crippen LogP contribution >= 0.6 is 0 Å². The van der Waals surface area contributed by atoms with Gasteiger partial charge in [-0.15, -0.1) is 0 Å². The van der Waals surface area contributed by atoms with Gasteiger partial charge in [-0.1, -0.05) is 72.8 Å². The van der Waals surface area contributed by atoms with E-state index in [0.29, 0.717) is 24.8 Å². The van der Waals surface area contributed by atoms with Crippen LogP contribution in [0.25, 0.3) is 22.6 Å². The van der Waals surface area contributed by atoms with Gasteiger partial charge in [-0.25, -0.2) is 9.78 Å². The number of oxazole rings is 1. The van der Waals surface area contributed by atoms with Crippen LogP contribution in [-0.2, 0) is 20.8 Å². The molecule has 1 fully saturated rings. The summed E-state index contributed by atoms with van der Waals surface area (Å²) in [4.78, 5) is 19.1. The third-order valence-corrected chi connectivity index (χ3v) is 6.66. The van der Waals surface area contributed by atoms with E-state index in [1.54, 1.807) is 14.0 Å². The number of nitrogens with zero attached hydrogens (tertiary/aromatic N) is 2. The minimum Gasteiger partial charge on any atom is -0.482 e. The monoisotopic (exact) mass is 512 g/mol. The van der Waals surface area contributed by atoms with Crippen molar-refractivity contribution in [3.63, 3.8) is 0 Å². The molecule has 5 rings (SSSR count). The van der Waals surface area contributed by atoms with Crippen molar-refractivity contribution < 1.29 is 23.4 Å². The van der Waals surface area contributed by atoms with E-state index in [-0.39, 0.29) is 24.7 Å². The molecule has 0 unspecified atom stereocenters. The number of likely N-dealkylation sites (tertiary alicyclic amines) is 1. The minimum atomic E-state index is -0.382. The Labute approximate surface area is 223 Å². The Balaban J connectivity index is 1.42. The van der Waals surface area contributed by atoms with E-state index in [4.69, 9.17) is 23.6 Å². The summed E-state index contributed by atoms with van der Waals surface area (Å²) in [5, 5.41) is 0. The van der Waals surface area contributed by atoms with Crippen LogP contribution in [-0.4, -0.2) is 48.8 Å². The van der Waals surface area contributed by atoms with Gasteiger partial charge < -0.3 is 18.6 Å². The largest absolute Gasteiger partial charge is 0.482 e. The van der Waals surface area contributed by atoms with E-state index < -0.39 is 0 Å². The van der Waals surface area contributed by atoms with Gasteiger partial charge in [0.2, 0.25) is 5.89 Å². The smallest absolute Gasteiger partial charge is 0.344 e. The van der Waals surface area contributed by atoms with E-state index in [0.717, 1.165) is 41.1 Å². The van der Waals surface area contributed by atoms with Gasteiger partial charge in [-0.2, -0.15) is 0 Å². The Kier molecular flexibility index (Phi) is 8.16. The van der Waals surface area contributed by atoms with Gasteiger partial charge >= 0.3 is 5.97 Å². The second-order valence-electron chi connectivity index (χ2n) is 9.24. The molecule has 1 saturated heterocycles. The lowest BCUT2D eigenvalue weighted by Gasteiger charge is -2.22. The van der Waals surface area contributed by atoms with E-state index in [2.05, 4.69) is 23.1 Å². The van der Waals surface area contributed by atoms with Crippen molar-refractivity contribution in [2.45, 2.75) is 32.0 Å². The average Bonchev–Trinajstić information content (AvgIpc) is 3.58. The van der Waals surface area contributed by atoms with Crippen molar-refractivity contribution in [3.05, 3.63) is 96.4 Å². The summed E-state index contributed by atoms with van der Waals surface area (Å²) in [6.07, 6.45) is 0.842. The van der Waals surface area contributed by atoms with E-state index in [1.165, 1.54) is 0 Å². The molecular weight excluding hydrogens is 480 g/mol. The molecule has 2 heterocycles. The highest BCUT2D eigenvalue weighted by molar-refractivity contribution is 5.76. The number of ether oxygens (including phenoxy) is 3. The number of benzene rings is 3. The Morgan fingerprint density at radius 2 is 1.74 bits per heavy atom. The maximum Gasteiger partial charge on any atom is 0.344 e. The zero-order valence-electron chi connectivity index (χ0n) is 21.7. The number of aromatic nitrogens is 1. The molecule has 1 aliphatic rings. The summed E-state index contributed by atoms with van der Waals surface area (Å²) >= 11 is 0. The first-order valence-corrected chi connectivity index (χ1v) is 12.9. The molecule has 7 nitrogen and oxygen atoms in total. The number of esters is 1. The number of rotatable bonds is 10. The highest BCUT2D eigenvalue weighted by Crippen LogP contribution is 2.40. The SMILES string of the molecule is CCOC(=O)COc1cccc(CN2C[C@H](OC)C[C@@H]2c2nc(-c3ccccc3)c(-c3ccccc3)o2)c1. The van der Waals surface area contributed by atoms with Crippen molar-refractivity contribution in [2.24, 2.45) is 0 Å². The quantitative estimate of drug-likeness (QED) is 0.245. The molecule has 0 amide bonds. The lowest BCUT2D eigenvalue weighted by molar-refractivity contribution is -0.145. The number of carbonyl (C=O) groups excluding carboxylic acids is 1. The van der Waals surface area contributed by atoms with Gasteiger partial charge in [-0.05, 0) is 31.0 Å². The third kappa shape index (κ3) is 5.96. The molecular formula is C31H32N2O5. The highest BCUT2D eigenvalue weighted by atomic mass is 16.6. The van der Waals surface area contributed by atoms with Gasteiger partial charge in [0.25, 0.3) is 0 Å². The third-order valence-electron chi connectivity index (χ3n) is 6.66. The minimum absolute atomic E-state index is 0.0519. The van der Waals surface area contributed by atoms with Crippen molar-refractivity contribution in [2.75, 3.05) is 26.9 Å². The average molecular weight is 513 g/mol. The fourth-order valence-electron chi connectivity index (χ4n) is 4.83. The van der Waals surface area contributed by atoms with Gasteiger partial charge in [-0.3, -0.25) is 4.90 Å². The van der Waals surface area contributed by atoms with Crippen LogP contribution < -0.4 is 4.74 Å². The summed E-state index contributed by atoms with van der Waals surface area (Å²) in [5.74, 6) is 1.69. The van der Waals surface area contributed by atoms with Gasteiger partial charge in [0, 0.05) is 31.3 Å². The fraction of sp³-hybridized carbons (Fsp3) is 0.290. The summed E-state index contributed by atoms with van der Waals surface area (Å²) in [7, 11) is 1.75. The molecule has 0 bridgehead atoms. The topological polar surface area (TPSA) is 74.0 Å². The first kappa shape index (κ1) is 25.7. The van der Waals surface area contributed by atoms with Gasteiger partial charge in [0.15, 0.2) is 12.4 Å². The Morgan fingerprint density at radius 3 is 2.45 bits per heavy atom. The summed E-state index contributed by atoms with van der Waals surface area (Å²) in [5.41, 5.74) is 3.90. The van der Waals surface area contributed by atoms with Crippen LogP contribution in [0.3, 0.4) is 0 Å². The number of hydrogen-bond donors (Lipinski definition) is 0. The normalized spacial score (nSPS) is 17.4. The predicted octanol–water partition coefficient (Wildman–Crippen LogP) is 5.91. The van der Waals surface area contributed by atoms with Crippen LogP contribution in [0.5, 0.6) is 5.75 Å². The maximum absolute atomic E-state index is 11.7. The maximum atomic E-state index is 11.7. The standard InChI is InChI=1S/C31H32N2O5/c1-3-36-28(34)21-37-25-16-10-11-22(17-25)19-33-20-26(35-2)18-27(33)31-32-29(23-12-6-4-7-13-23)30(38-31)24-14-8-5-9-15-24/h4-17,26-27H,3,18-21H2,1-2H3/t26-,27-/m1/s1. The summed E-state index contributed by atoms with van der Waals surface area (Å²) in [6.45, 7) is 3.40. The molecule has 0 radical (unpaired) electrons. The Morgan fingerprint density at radius 1 is 1.00 bits per heavy atom. The second-order valence-corrected chi connectivity index (χ2v) is 9.24. The molecule has 0 N–H and O–H groups in total. The van der Waals surface area contributed by atoms with Gasteiger partial charge in [0.1, 0.15) is 11.4 Å². The number of methoxy groups -OCH3 is 1. The van der Waals surface area contributed by atoms with Crippen LogP contribution in [0.2, 0.25) is 0 Å². The number of carbonyl (C=O) groups is 1. The van der Waals surface area contributed by atoms with Crippen LogP contribution in [0.15, 0.2) is 89.3 Å². The van der Waals surface area contributed by atoms with Crippen LogP contribution in [0.4, 0.5) is 0 Å². The molecule has 2 atom stereocenters. The fourth-order valence-corrected chi connectivity index (χ4v) is 4.83. The molecule has 7 heteroatoms. The van der Waals surface area contributed by atoms with E-state index in [9.17, 15) is 4.79 Å². The Bertz CT molecular complexity index is 1280. The van der Waals surface area contributed by atoms with Crippen molar-refractivity contribution in [3.8, 4) is 28.3 Å². The van der Waals surface area contributed by atoms with E-state index >= 15 is 0 Å². The molecule has 38 heavy (non-hydrogen) atoms. The van der Waals surface area contributed by atoms with Crippen molar-refractivity contribution in [1.29, 1.82) is 0 Å². The molecule has 196 valence electrons. The van der Waals surface area contributed by atoms with E-state index in [1.807, 2.05) is 66.7 Å². The second kappa shape index (κ2) is 12.1. The molecule has 1 aromatic heterocycles. The van der Waals surface area contributed by atoms with Crippen molar-refractivity contribution >= 4 is 5.97 Å². The molecule has 4 aromatic rings. The zero-order chi connectivity index (χ0) is 26.3. The Hall–Kier alpha value is -3.94. The molecule has 1 aliphatic heterocycles. The lowest BCUT2D eigenvalue weighted by Crippen LogP contribution is -2.25. The molecule has 0 spiro atoms. The first-order chi connectivity index (χ1) is 18.6. The van der Waals surface area contributed by atoms with Crippen molar-refractivity contribution in [1.82, 2.24) is 9.88 Å². The molecule has 0 aliphatic carbocycles.